The SMILES string of the molecule is CC1=C2CCN(C(=O)Oc3ccccc3)C=C2C(C)C12Cc1ccccc1N2C. The quantitative estimate of drug-likeness (QED) is 0.678. The van der Waals surface area contributed by atoms with E-state index in [4.69, 9.17) is 4.74 Å². The fourth-order valence-corrected chi connectivity index (χ4v) is 5.54. The van der Waals surface area contributed by atoms with Crippen LogP contribution in [0.3, 0.4) is 0 Å². The molecule has 1 amide bonds. The van der Waals surface area contributed by atoms with E-state index in [2.05, 4.69) is 50.1 Å². The first-order chi connectivity index (χ1) is 14.0. The highest BCUT2D eigenvalue weighted by Crippen LogP contribution is 2.55. The van der Waals surface area contributed by atoms with E-state index in [1.54, 1.807) is 4.90 Å². The molecule has 3 aliphatic rings. The summed E-state index contributed by atoms with van der Waals surface area (Å²) >= 11 is 0. The Morgan fingerprint density at radius 3 is 2.59 bits per heavy atom. The van der Waals surface area contributed by atoms with Crippen molar-refractivity contribution in [2.75, 3.05) is 18.5 Å². The van der Waals surface area contributed by atoms with E-state index >= 15 is 0 Å². The average Bonchev–Trinajstić information content (AvgIpc) is 3.16. The molecule has 5 rings (SSSR count). The van der Waals surface area contributed by atoms with E-state index in [-0.39, 0.29) is 11.6 Å². The molecule has 0 aromatic heterocycles. The lowest BCUT2D eigenvalue weighted by Crippen LogP contribution is -2.48. The van der Waals surface area contributed by atoms with E-state index in [1.807, 2.05) is 36.5 Å². The van der Waals surface area contributed by atoms with Crippen molar-refractivity contribution in [2.45, 2.75) is 32.2 Å². The van der Waals surface area contributed by atoms with Crippen LogP contribution in [-0.4, -0.2) is 30.1 Å². The van der Waals surface area contributed by atoms with Gasteiger partial charge in [-0.3, -0.25) is 4.90 Å². The van der Waals surface area contributed by atoms with E-state index in [0.717, 1.165) is 12.8 Å². The molecule has 148 valence electrons. The zero-order chi connectivity index (χ0) is 20.2. The number of rotatable bonds is 1. The van der Waals surface area contributed by atoms with Gasteiger partial charge in [0.2, 0.25) is 0 Å². The zero-order valence-electron chi connectivity index (χ0n) is 17.2. The number of carbonyl (C=O) groups excluding carboxylic acids is 1. The molecule has 2 aliphatic heterocycles. The van der Waals surface area contributed by atoms with Crippen molar-refractivity contribution in [3.05, 3.63) is 83.1 Å². The van der Waals surface area contributed by atoms with Crippen LogP contribution in [0.15, 0.2) is 77.5 Å². The normalized spacial score (nSPS) is 25.2. The number of carbonyl (C=O) groups is 1. The second-order valence-corrected chi connectivity index (χ2v) is 8.32. The third-order valence-electron chi connectivity index (χ3n) is 7.13. The molecule has 1 aliphatic carbocycles. The lowest BCUT2D eigenvalue weighted by Gasteiger charge is -2.40. The highest BCUT2D eigenvalue weighted by atomic mass is 16.6. The molecule has 2 atom stereocenters. The van der Waals surface area contributed by atoms with Gasteiger partial charge in [-0.2, -0.15) is 0 Å². The van der Waals surface area contributed by atoms with Crippen LogP contribution in [0.1, 0.15) is 25.8 Å². The molecule has 0 saturated carbocycles. The minimum Gasteiger partial charge on any atom is -0.410 e. The highest BCUT2D eigenvalue weighted by Gasteiger charge is 2.54. The Kier molecular flexibility index (Phi) is 4.05. The molecule has 0 radical (unpaired) electrons. The van der Waals surface area contributed by atoms with Gasteiger partial charge in [-0.05, 0) is 53.8 Å². The highest BCUT2D eigenvalue weighted by molar-refractivity contribution is 5.74. The largest absolute Gasteiger partial charge is 0.419 e. The number of benzene rings is 2. The van der Waals surface area contributed by atoms with Gasteiger partial charge in [0.05, 0.1) is 5.54 Å². The van der Waals surface area contributed by atoms with Gasteiger partial charge in [-0.25, -0.2) is 4.79 Å². The number of amides is 1. The maximum atomic E-state index is 12.7. The molecule has 4 heteroatoms. The maximum absolute atomic E-state index is 12.7. The van der Waals surface area contributed by atoms with Crippen LogP contribution in [0.25, 0.3) is 0 Å². The first-order valence-electron chi connectivity index (χ1n) is 10.3. The summed E-state index contributed by atoms with van der Waals surface area (Å²) in [6.45, 7) is 5.24. The molecular formula is C25H26N2O2. The molecule has 0 fully saturated rings. The molecule has 1 spiro atoms. The summed E-state index contributed by atoms with van der Waals surface area (Å²) in [5, 5.41) is 0. The number of nitrogens with zero attached hydrogens (tertiary/aromatic N) is 2. The number of hydrogen-bond donors (Lipinski definition) is 0. The molecule has 2 heterocycles. The zero-order valence-corrected chi connectivity index (χ0v) is 17.2. The van der Waals surface area contributed by atoms with Crippen molar-refractivity contribution in [3.8, 4) is 5.75 Å². The van der Waals surface area contributed by atoms with Crippen molar-refractivity contribution >= 4 is 11.8 Å². The first-order valence-corrected chi connectivity index (χ1v) is 10.3. The summed E-state index contributed by atoms with van der Waals surface area (Å²) < 4.78 is 5.57. The first kappa shape index (κ1) is 18.0. The Morgan fingerprint density at radius 1 is 1.10 bits per heavy atom. The van der Waals surface area contributed by atoms with Crippen LogP contribution in [0.4, 0.5) is 10.5 Å². The van der Waals surface area contributed by atoms with Crippen molar-refractivity contribution in [1.29, 1.82) is 0 Å². The van der Waals surface area contributed by atoms with Gasteiger partial charge in [0, 0.05) is 37.8 Å². The standard InChI is InChI=1S/C25H26N2O2/c1-17-21-13-14-27(24(28)29-20-10-5-4-6-11-20)16-22(21)18(2)25(17)15-19-9-7-8-12-23(19)26(25)3/h4-12,16,18H,13-15H2,1-3H3. The molecular weight excluding hydrogens is 360 g/mol. The lowest BCUT2D eigenvalue weighted by molar-refractivity contribution is 0.168. The predicted molar refractivity (Wildman–Crippen MR) is 115 cm³/mol. The molecule has 0 bridgehead atoms. The number of ether oxygens (including phenoxy) is 1. The van der Waals surface area contributed by atoms with Crippen LogP contribution in [-0.2, 0) is 6.42 Å². The van der Waals surface area contributed by atoms with Gasteiger partial charge in [0.1, 0.15) is 5.75 Å². The fraction of sp³-hybridized carbons (Fsp3) is 0.320. The molecule has 4 nitrogen and oxygen atoms in total. The van der Waals surface area contributed by atoms with Crippen LogP contribution in [0, 0.1) is 5.92 Å². The lowest BCUT2D eigenvalue weighted by atomic mass is 9.79. The van der Waals surface area contributed by atoms with Crippen molar-refractivity contribution in [1.82, 2.24) is 4.90 Å². The summed E-state index contributed by atoms with van der Waals surface area (Å²) in [4.78, 5) is 16.9. The molecule has 2 unspecified atom stereocenters. The van der Waals surface area contributed by atoms with Crippen LogP contribution >= 0.6 is 0 Å². The minimum absolute atomic E-state index is 0.0375. The Bertz CT molecular complexity index is 1040. The third kappa shape index (κ3) is 2.55. The Hall–Kier alpha value is -3.01. The Morgan fingerprint density at radius 2 is 1.83 bits per heavy atom. The number of fused-ring (bicyclic) bond motifs is 2. The molecule has 2 aromatic carbocycles. The summed E-state index contributed by atoms with van der Waals surface area (Å²) in [6, 6.07) is 18.0. The van der Waals surface area contributed by atoms with E-state index in [9.17, 15) is 4.79 Å². The fourth-order valence-electron chi connectivity index (χ4n) is 5.54. The maximum Gasteiger partial charge on any atom is 0.419 e. The summed E-state index contributed by atoms with van der Waals surface area (Å²) in [7, 11) is 2.21. The number of hydrogen-bond acceptors (Lipinski definition) is 3. The van der Waals surface area contributed by atoms with Gasteiger partial charge in [-0.15, -0.1) is 0 Å². The monoisotopic (exact) mass is 386 g/mol. The van der Waals surface area contributed by atoms with Crippen LogP contribution in [0.5, 0.6) is 5.75 Å². The number of anilines is 1. The summed E-state index contributed by atoms with van der Waals surface area (Å²) in [5.74, 6) is 0.887. The van der Waals surface area contributed by atoms with E-state index < -0.39 is 0 Å². The van der Waals surface area contributed by atoms with Gasteiger partial charge < -0.3 is 9.64 Å². The summed E-state index contributed by atoms with van der Waals surface area (Å²) in [5.41, 5.74) is 6.83. The van der Waals surface area contributed by atoms with E-state index in [1.165, 1.54) is 28.0 Å². The summed E-state index contributed by atoms with van der Waals surface area (Å²) in [6.07, 6.45) is 3.61. The number of likely N-dealkylation sites (N-methyl/N-ethyl adjacent to an activating group) is 1. The second kappa shape index (κ2) is 6.51. The van der Waals surface area contributed by atoms with Gasteiger partial charge in [-0.1, -0.05) is 43.3 Å². The second-order valence-electron chi connectivity index (χ2n) is 8.32. The van der Waals surface area contributed by atoms with E-state index in [0.29, 0.717) is 18.2 Å². The van der Waals surface area contributed by atoms with Gasteiger partial charge >= 0.3 is 6.09 Å². The predicted octanol–water partition coefficient (Wildman–Crippen LogP) is 5.17. The number of para-hydroxylation sites is 2. The van der Waals surface area contributed by atoms with Crippen molar-refractivity contribution in [2.24, 2.45) is 5.92 Å². The van der Waals surface area contributed by atoms with Crippen LogP contribution < -0.4 is 9.64 Å². The van der Waals surface area contributed by atoms with Crippen molar-refractivity contribution < 1.29 is 9.53 Å². The molecule has 2 aromatic rings. The minimum atomic E-state index is -0.309. The Labute approximate surface area is 172 Å². The molecule has 0 saturated heterocycles. The third-order valence-corrected chi connectivity index (χ3v) is 7.13. The topological polar surface area (TPSA) is 32.8 Å². The smallest absolute Gasteiger partial charge is 0.410 e. The molecule has 29 heavy (non-hydrogen) atoms. The van der Waals surface area contributed by atoms with Gasteiger partial charge in [0.15, 0.2) is 0 Å². The average molecular weight is 386 g/mol. The van der Waals surface area contributed by atoms with Gasteiger partial charge in [0.25, 0.3) is 0 Å². The van der Waals surface area contributed by atoms with Crippen molar-refractivity contribution in [3.63, 3.8) is 0 Å². The van der Waals surface area contributed by atoms with Crippen LogP contribution in [0.2, 0.25) is 0 Å². The Balaban J connectivity index is 1.46. The molecule has 0 N–H and O–H groups in total.